The van der Waals surface area contributed by atoms with E-state index < -0.39 is 0 Å². The minimum atomic E-state index is -0.0784. The number of halogens is 1. The highest BCUT2D eigenvalue weighted by molar-refractivity contribution is 8.18. The van der Waals surface area contributed by atoms with E-state index in [0.29, 0.717) is 20.8 Å². The number of carbonyl (C=O) groups excluding carboxylic acids is 1. The van der Waals surface area contributed by atoms with Gasteiger partial charge in [-0.25, -0.2) is 4.99 Å². The standard InChI is InChI=1S/C19H17ClN2O2S/c1-12-7-8-13(9-16(12)24-3)10-17-18(23)22(2)19(25-17)21-15-6-4-5-14(20)11-15/h4-11H,1-3H3/b17-10+,21-19?. The number of likely N-dealkylation sites (N-methyl/N-ethyl adjacent to an activating group) is 1. The number of carbonyl (C=O) groups is 1. The number of thioether (sulfide) groups is 1. The van der Waals surface area contributed by atoms with Gasteiger partial charge in [0.05, 0.1) is 17.7 Å². The van der Waals surface area contributed by atoms with E-state index in [0.717, 1.165) is 16.9 Å². The summed E-state index contributed by atoms with van der Waals surface area (Å²) in [7, 11) is 3.35. The molecule has 6 heteroatoms. The summed E-state index contributed by atoms with van der Waals surface area (Å²) in [6.45, 7) is 1.98. The van der Waals surface area contributed by atoms with Gasteiger partial charge in [-0.3, -0.25) is 9.69 Å². The molecule has 3 rings (SSSR count). The number of hydrogen-bond donors (Lipinski definition) is 0. The van der Waals surface area contributed by atoms with Gasteiger partial charge in [0, 0.05) is 12.1 Å². The largest absolute Gasteiger partial charge is 0.496 e. The summed E-state index contributed by atoms with van der Waals surface area (Å²) in [5.74, 6) is 0.719. The van der Waals surface area contributed by atoms with Crippen LogP contribution in [0.25, 0.3) is 6.08 Å². The van der Waals surface area contributed by atoms with E-state index in [-0.39, 0.29) is 5.91 Å². The molecule has 2 aromatic rings. The highest BCUT2D eigenvalue weighted by Crippen LogP contribution is 2.34. The lowest BCUT2D eigenvalue weighted by molar-refractivity contribution is -0.121. The Kier molecular flexibility index (Phi) is 5.16. The van der Waals surface area contributed by atoms with Crippen molar-refractivity contribution in [2.45, 2.75) is 6.92 Å². The molecule has 1 aliphatic heterocycles. The third-order valence-corrected chi connectivity index (χ3v) is 5.06. The topological polar surface area (TPSA) is 41.9 Å². The molecule has 1 fully saturated rings. The van der Waals surface area contributed by atoms with Gasteiger partial charge in [-0.1, -0.05) is 29.8 Å². The zero-order valence-electron chi connectivity index (χ0n) is 14.1. The summed E-state index contributed by atoms with van der Waals surface area (Å²) < 4.78 is 5.34. The second kappa shape index (κ2) is 7.33. The second-order valence-corrected chi connectivity index (χ2v) is 7.02. The van der Waals surface area contributed by atoms with E-state index in [1.807, 2.05) is 43.3 Å². The van der Waals surface area contributed by atoms with Crippen LogP contribution in [0.2, 0.25) is 5.02 Å². The second-order valence-electron chi connectivity index (χ2n) is 5.58. The van der Waals surface area contributed by atoms with Crippen molar-refractivity contribution in [2.75, 3.05) is 14.2 Å². The van der Waals surface area contributed by atoms with Crippen LogP contribution in [0.3, 0.4) is 0 Å². The van der Waals surface area contributed by atoms with E-state index in [4.69, 9.17) is 16.3 Å². The molecule has 4 nitrogen and oxygen atoms in total. The minimum absolute atomic E-state index is 0.0784. The molecule has 1 aliphatic rings. The lowest BCUT2D eigenvalue weighted by Gasteiger charge is -2.07. The molecular formula is C19H17ClN2O2S. The van der Waals surface area contributed by atoms with Gasteiger partial charge in [-0.2, -0.15) is 0 Å². The summed E-state index contributed by atoms with van der Waals surface area (Å²) in [5, 5.41) is 1.24. The zero-order valence-corrected chi connectivity index (χ0v) is 15.7. The number of amides is 1. The van der Waals surface area contributed by atoms with Crippen LogP contribution in [0.15, 0.2) is 52.4 Å². The molecule has 1 heterocycles. The number of aliphatic imine (C=N–C) groups is 1. The van der Waals surface area contributed by atoms with Gasteiger partial charge in [0.1, 0.15) is 5.75 Å². The molecule has 1 saturated heterocycles. The molecule has 2 aromatic carbocycles. The Morgan fingerprint density at radius 3 is 2.76 bits per heavy atom. The van der Waals surface area contributed by atoms with Crippen LogP contribution >= 0.6 is 23.4 Å². The molecule has 0 saturated carbocycles. The van der Waals surface area contributed by atoms with Crippen molar-refractivity contribution in [3.05, 3.63) is 63.5 Å². The van der Waals surface area contributed by atoms with E-state index >= 15 is 0 Å². The first-order valence-electron chi connectivity index (χ1n) is 7.64. The first-order valence-corrected chi connectivity index (χ1v) is 8.84. The minimum Gasteiger partial charge on any atom is -0.496 e. The number of amidine groups is 1. The predicted octanol–water partition coefficient (Wildman–Crippen LogP) is 4.89. The van der Waals surface area contributed by atoms with Crippen molar-refractivity contribution < 1.29 is 9.53 Å². The first kappa shape index (κ1) is 17.6. The maximum absolute atomic E-state index is 12.5. The van der Waals surface area contributed by atoms with Gasteiger partial charge in [-0.15, -0.1) is 0 Å². The summed E-state index contributed by atoms with van der Waals surface area (Å²) >= 11 is 7.34. The molecule has 0 aliphatic carbocycles. The molecule has 0 aromatic heterocycles. The van der Waals surface area contributed by atoms with Crippen molar-refractivity contribution in [2.24, 2.45) is 4.99 Å². The van der Waals surface area contributed by atoms with Crippen LogP contribution in [0.1, 0.15) is 11.1 Å². The third kappa shape index (κ3) is 3.89. The molecule has 0 spiro atoms. The fraction of sp³-hybridized carbons (Fsp3) is 0.158. The molecule has 0 bridgehead atoms. The molecular weight excluding hydrogens is 356 g/mol. The van der Waals surface area contributed by atoms with E-state index in [1.165, 1.54) is 11.8 Å². The predicted molar refractivity (Wildman–Crippen MR) is 105 cm³/mol. The molecule has 1 amide bonds. The monoisotopic (exact) mass is 372 g/mol. The Balaban J connectivity index is 1.91. The number of aryl methyl sites for hydroxylation is 1. The van der Waals surface area contributed by atoms with Crippen LogP contribution in [0.5, 0.6) is 5.75 Å². The van der Waals surface area contributed by atoms with Gasteiger partial charge >= 0.3 is 0 Å². The average molecular weight is 373 g/mol. The third-order valence-electron chi connectivity index (χ3n) is 3.77. The number of methoxy groups -OCH3 is 1. The van der Waals surface area contributed by atoms with Crippen molar-refractivity contribution in [1.82, 2.24) is 4.90 Å². The fourth-order valence-electron chi connectivity index (χ4n) is 2.39. The molecule has 0 radical (unpaired) electrons. The van der Waals surface area contributed by atoms with Gasteiger partial charge in [-0.05, 0) is 60.2 Å². The summed E-state index contributed by atoms with van der Waals surface area (Å²) in [4.78, 5) is 19.2. The maximum Gasteiger partial charge on any atom is 0.266 e. The number of nitrogens with zero attached hydrogens (tertiary/aromatic N) is 2. The zero-order chi connectivity index (χ0) is 18.0. The molecule has 0 unspecified atom stereocenters. The summed E-state index contributed by atoms with van der Waals surface area (Å²) in [5.41, 5.74) is 2.68. The lowest BCUT2D eigenvalue weighted by atomic mass is 10.1. The highest BCUT2D eigenvalue weighted by atomic mass is 35.5. The van der Waals surface area contributed by atoms with Gasteiger partial charge in [0.2, 0.25) is 0 Å². The first-order chi connectivity index (χ1) is 12.0. The Morgan fingerprint density at radius 2 is 2.04 bits per heavy atom. The van der Waals surface area contributed by atoms with Gasteiger partial charge in [0.15, 0.2) is 5.17 Å². The van der Waals surface area contributed by atoms with Gasteiger partial charge in [0.25, 0.3) is 5.91 Å². The van der Waals surface area contributed by atoms with E-state index in [2.05, 4.69) is 4.99 Å². The molecule has 0 N–H and O–H groups in total. The highest BCUT2D eigenvalue weighted by Gasteiger charge is 2.30. The molecule has 128 valence electrons. The SMILES string of the molecule is COc1cc(/C=C2/SC(=Nc3cccc(Cl)c3)N(C)C2=O)ccc1C. The average Bonchev–Trinajstić information content (AvgIpc) is 2.84. The number of benzene rings is 2. The summed E-state index contributed by atoms with van der Waals surface area (Å²) in [6, 6.07) is 13.1. The van der Waals surface area contributed by atoms with Gasteiger partial charge < -0.3 is 4.74 Å². The van der Waals surface area contributed by atoms with Crippen LogP contribution in [0.4, 0.5) is 5.69 Å². The number of hydrogen-bond acceptors (Lipinski definition) is 4. The normalized spacial score (nSPS) is 17.6. The molecule has 0 atom stereocenters. The van der Waals surface area contributed by atoms with Crippen LogP contribution < -0.4 is 4.74 Å². The Labute approximate surface area is 156 Å². The van der Waals surface area contributed by atoms with Crippen molar-refractivity contribution in [3.63, 3.8) is 0 Å². The molecule has 25 heavy (non-hydrogen) atoms. The summed E-state index contributed by atoms with van der Waals surface area (Å²) in [6.07, 6.45) is 1.85. The number of ether oxygens (including phenoxy) is 1. The van der Waals surface area contributed by atoms with Crippen LogP contribution in [-0.4, -0.2) is 30.1 Å². The Hall–Kier alpha value is -2.24. The van der Waals surface area contributed by atoms with Crippen LogP contribution in [0, 0.1) is 6.92 Å². The van der Waals surface area contributed by atoms with E-state index in [9.17, 15) is 4.79 Å². The van der Waals surface area contributed by atoms with Crippen LogP contribution in [-0.2, 0) is 4.79 Å². The fourth-order valence-corrected chi connectivity index (χ4v) is 3.56. The van der Waals surface area contributed by atoms with Crippen molar-refractivity contribution >= 4 is 46.2 Å². The Bertz CT molecular complexity index is 893. The maximum atomic E-state index is 12.5. The lowest BCUT2D eigenvalue weighted by Crippen LogP contribution is -2.23. The van der Waals surface area contributed by atoms with E-state index in [1.54, 1.807) is 31.2 Å². The quantitative estimate of drug-likeness (QED) is 0.720. The Morgan fingerprint density at radius 1 is 1.24 bits per heavy atom. The number of rotatable bonds is 3. The van der Waals surface area contributed by atoms with Crippen molar-refractivity contribution in [3.8, 4) is 5.75 Å². The smallest absolute Gasteiger partial charge is 0.266 e. The van der Waals surface area contributed by atoms with Crippen molar-refractivity contribution in [1.29, 1.82) is 0 Å².